The van der Waals surface area contributed by atoms with Gasteiger partial charge in [0.05, 0.1) is 18.5 Å². The van der Waals surface area contributed by atoms with Crippen molar-refractivity contribution >= 4 is 51.7 Å². The maximum absolute atomic E-state index is 12.5. The third-order valence-electron chi connectivity index (χ3n) is 4.36. The van der Waals surface area contributed by atoms with Gasteiger partial charge in [0, 0.05) is 21.8 Å². The summed E-state index contributed by atoms with van der Waals surface area (Å²) in [7, 11) is 1.57. The van der Waals surface area contributed by atoms with Crippen LogP contribution in [-0.2, 0) is 0 Å². The lowest BCUT2D eigenvalue weighted by atomic mass is 10.1. The predicted octanol–water partition coefficient (Wildman–Crippen LogP) is 4.63. The zero-order valence-corrected chi connectivity index (χ0v) is 17.0. The Morgan fingerprint density at radius 2 is 2.00 bits per heavy atom. The number of benzene rings is 2. The molecular weight excluding hydrogens is 442 g/mol. The molecule has 0 aliphatic carbocycles. The van der Waals surface area contributed by atoms with Gasteiger partial charge in [-0.2, -0.15) is 0 Å². The van der Waals surface area contributed by atoms with Gasteiger partial charge < -0.3 is 9.84 Å². The van der Waals surface area contributed by atoms with Crippen LogP contribution in [0.2, 0.25) is 0 Å². The molecule has 3 aromatic rings. The SMILES string of the molecule is COc1ccc(-n2c(O)c(C=C3C=Nc4ccc(Br)cc43)c(=O)[nH]c2=S)cc1. The Kier molecular flexibility index (Phi) is 4.74. The number of aromatic hydroxyl groups is 1. The zero-order valence-electron chi connectivity index (χ0n) is 14.6. The van der Waals surface area contributed by atoms with Crippen molar-refractivity contribution in [3.05, 3.63) is 73.2 Å². The summed E-state index contributed by atoms with van der Waals surface area (Å²) in [5.74, 6) is 0.425. The molecule has 4 rings (SSSR count). The standard InChI is InChI=1S/C20H14BrN3O3S/c1-27-14-5-3-13(4-6-14)24-19(26)16(18(25)23-20(24)28)8-11-10-22-17-7-2-12(21)9-15(11)17/h2-10,26H,1H3,(H,23,25,28). The molecule has 8 heteroatoms. The van der Waals surface area contributed by atoms with Crippen molar-refractivity contribution in [2.75, 3.05) is 7.11 Å². The van der Waals surface area contributed by atoms with E-state index in [9.17, 15) is 9.90 Å². The summed E-state index contributed by atoms with van der Waals surface area (Å²) in [4.78, 5) is 19.5. The molecule has 2 heterocycles. The highest BCUT2D eigenvalue weighted by Crippen LogP contribution is 2.35. The van der Waals surface area contributed by atoms with E-state index in [1.165, 1.54) is 4.57 Å². The molecule has 6 nitrogen and oxygen atoms in total. The van der Waals surface area contributed by atoms with Crippen LogP contribution < -0.4 is 10.3 Å². The highest BCUT2D eigenvalue weighted by Gasteiger charge is 2.17. The van der Waals surface area contributed by atoms with E-state index in [0.717, 1.165) is 21.3 Å². The maximum Gasteiger partial charge on any atom is 0.262 e. The molecule has 1 aromatic heterocycles. The van der Waals surface area contributed by atoms with Crippen LogP contribution in [0.3, 0.4) is 0 Å². The van der Waals surface area contributed by atoms with Gasteiger partial charge in [0.15, 0.2) is 4.77 Å². The van der Waals surface area contributed by atoms with Crippen LogP contribution >= 0.6 is 28.1 Å². The summed E-state index contributed by atoms with van der Waals surface area (Å²) in [6.45, 7) is 0. The fourth-order valence-electron chi connectivity index (χ4n) is 2.97. The fourth-order valence-corrected chi connectivity index (χ4v) is 3.62. The number of fused-ring (bicyclic) bond motifs is 1. The van der Waals surface area contributed by atoms with E-state index in [1.54, 1.807) is 43.7 Å². The van der Waals surface area contributed by atoms with Crippen molar-refractivity contribution in [3.63, 3.8) is 0 Å². The van der Waals surface area contributed by atoms with Crippen molar-refractivity contribution in [2.45, 2.75) is 0 Å². The Morgan fingerprint density at radius 1 is 1.25 bits per heavy atom. The summed E-state index contributed by atoms with van der Waals surface area (Å²) in [5.41, 5.74) is 2.60. The zero-order chi connectivity index (χ0) is 19.8. The monoisotopic (exact) mass is 455 g/mol. The first-order valence-electron chi connectivity index (χ1n) is 8.26. The average Bonchev–Trinajstić information content (AvgIpc) is 3.07. The first-order valence-corrected chi connectivity index (χ1v) is 9.46. The van der Waals surface area contributed by atoms with Gasteiger partial charge in [0.2, 0.25) is 5.88 Å². The van der Waals surface area contributed by atoms with E-state index >= 15 is 0 Å². The lowest BCUT2D eigenvalue weighted by Gasteiger charge is -2.12. The summed E-state index contributed by atoms with van der Waals surface area (Å²) in [6.07, 6.45) is 3.26. The van der Waals surface area contributed by atoms with Gasteiger partial charge in [-0.05, 0) is 60.8 Å². The van der Waals surface area contributed by atoms with Gasteiger partial charge in [-0.15, -0.1) is 0 Å². The van der Waals surface area contributed by atoms with E-state index in [0.29, 0.717) is 11.4 Å². The van der Waals surface area contributed by atoms with Gasteiger partial charge >= 0.3 is 0 Å². The van der Waals surface area contributed by atoms with Gasteiger partial charge in [-0.1, -0.05) is 15.9 Å². The van der Waals surface area contributed by atoms with E-state index in [1.807, 2.05) is 18.2 Å². The second kappa shape index (κ2) is 7.21. The Morgan fingerprint density at radius 3 is 2.71 bits per heavy atom. The normalized spacial score (nSPS) is 13.7. The van der Waals surface area contributed by atoms with Crippen LogP contribution in [0.4, 0.5) is 5.69 Å². The molecule has 0 amide bonds. The highest BCUT2D eigenvalue weighted by atomic mass is 79.9. The number of aliphatic imine (C=N–C) groups is 1. The number of allylic oxidation sites excluding steroid dienone is 1. The lowest BCUT2D eigenvalue weighted by Crippen LogP contribution is -2.16. The molecular formula is C20H14BrN3O3S. The summed E-state index contributed by atoms with van der Waals surface area (Å²) < 4.78 is 7.55. The molecule has 0 saturated heterocycles. The topological polar surface area (TPSA) is 79.6 Å². The fraction of sp³-hybridized carbons (Fsp3) is 0.0500. The molecule has 1 aliphatic heterocycles. The number of rotatable bonds is 3. The summed E-state index contributed by atoms with van der Waals surface area (Å²) in [6, 6.07) is 12.7. The first-order chi connectivity index (χ1) is 13.5. The minimum absolute atomic E-state index is 0.0954. The minimum atomic E-state index is -0.475. The number of H-pyrrole nitrogens is 1. The Labute approximate surface area is 173 Å². The van der Waals surface area contributed by atoms with Gasteiger partial charge in [0.25, 0.3) is 5.56 Å². The third kappa shape index (κ3) is 3.21. The molecule has 140 valence electrons. The minimum Gasteiger partial charge on any atom is -0.497 e. The van der Waals surface area contributed by atoms with Crippen LogP contribution in [0.25, 0.3) is 17.3 Å². The second-order valence-corrected chi connectivity index (χ2v) is 7.35. The van der Waals surface area contributed by atoms with Gasteiger partial charge in [-0.25, -0.2) is 0 Å². The Balaban J connectivity index is 1.88. The second-order valence-electron chi connectivity index (χ2n) is 6.05. The molecule has 0 saturated carbocycles. The molecule has 1 aliphatic rings. The van der Waals surface area contributed by atoms with E-state index < -0.39 is 5.56 Å². The molecule has 2 aromatic carbocycles. The molecule has 0 bridgehead atoms. The molecule has 28 heavy (non-hydrogen) atoms. The largest absolute Gasteiger partial charge is 0.497 e. The number of hydrogen-bond donors (Lipinski definition) is 2. The molecule has 0 unspecified atom stereocenters. The number of hydrogen-bond acceptors (Lipinski definition) is 5. The van der Waals surface area contributed by atoms with Crippen LogP contribution in [0.15, 0.2) is 56.7 Å². The first kappa shape index (κ1) is 18.4. The Hall–Kier alpha value is -2.97. The van der Waals surface area contributed by atoms with Crippen LogP contribution in [0.1, 0.15) is 11.1 Å². The number of ether oxygens (including phenoxy) is 1. The van der Waals surface area contributed by atoms with Crippen LogP contribution in [0, 0.1) is 4.77 Å². The third-order valence-corrected chi connectivity index (χ3v) is 5.14. The molecule has 0 fully saturated rings. The highest BCUT2D eigenvalue weighted by molar-refractivity contribution is 9.10. The Bertz CT molecular complexity index is 1260. The predicted molar refractivity (Wildman–Crippen MR) is 116 cm³/mol. The molecule has 0 radical (unpaired) electrons. The van der Waals surface area contributed by atoms with E-state index in [2.05, 4.69) is 25.9 Å². The number of nitrogens with zero attached hydrogens (tertiary/aromatic N) is 2. The van der Waals surface area contributed by atoms with Crippen molar-refractivity contribution in [2.24, 2.45) is 4.99 Å². The van der Waals surface area contributed by atoms with Crippen molar-refractivity contribution in [1.29, 1.82) is 0 Å². The quantitative estimate of drug-likeness (QED) is 0.564. The summed E-state index contributed by atoms with van der Waals surface area (Å²) in [5, 5.41) is 10.8. The number of methoxy groups -OCH3 is 1. The average molecular weight is 456 g/mol. The smallest absolute Gasteiger partial charge is 0.262 e. The van der Waals surface area contributed by atoms with Gasteiger partial charge in [0.1, 0.15) is 11.3 Å². The number of aromatic amines is 1. The van der Waals surface area contributed by atoms with Crippen molar-refractivity contribution in [3.8, 4) is 17.3 Å². The molecule has 2 N–H and O–H groups in total. The number of nitrogens with one attached hydrogen (secondary N) is 1. The van der Waals surface area contributed by atoms with Crippen molar-refractivity contribution < 1.29 is 9.84 Å². The van der Waals surface area contributed by atoms with Crippen molar-refractivity contribution in [1.82, 2.24) is 9.55 Å². The van der Waals surface area contributed by atoms with E-state index in [4.69, 9.17) is 17.0 Å². The lowest BCUT2D eigenvalue weighted by molar-refractivity contribution is 0.414. The molecule has 0 spiro atoms. The number of aromatic nitrogens is 2. The van der Waals surface area contributed by atoms with Crippen LogP contribution in [0.5, 0.6) is 11.6 Å². The number of halogens is 1. The van der Waals surface area contributed by atoms with Gasteiger partial charge in [-0.3, -0.25) is 19.3 Å². The van der Waals surface area contributed by atoms with E-state index in [-0.39, 0.29) is 16.2 Å². The van der Waals surface area contributed by atoms with Crippen LogP contribution in [-0.4, -0.2) is 28.0 Å². The molecule has 0 atom stereocenters. The summed E-state index contributed by atoms with van der Waals surface area (Å²) >= 11 is 8.70. The maximum atomic E-state index is 12.5.